The normalized spacial score (nSPS) is 20.6. The smallest absolute Gasteiger partial charge is 0.326 e. The molecule has 1 N–H and O–H groups in total. The van der Waals surface area contributed by atoms with Gasteiger partial charge < -0.3 is 9.57 Å². The Morgan fingerprint density at radius 1 is 1.43 bits per heavy atom. The second kappa shape index (κ2) is 3.67. The van der Waals surface area contributed by atoms with Crippen LogP contribution in [0.1, 0.15) is 18.0 Å². The van der Waals surface area contributed by atoms with Crippen LogP contribution in [0.2, 0.25) is 0 Å². The van der Waals surface area contributed by atoms with E-state index in [0.717, 1.165) is 11.3 Å². The minimum Gasteiger partial charge on any atom is -0.497 e. The molecule has 0 aliphatic carbocycles. The van der Waals surface area contributed by atoms with Crippen molar-refractivity contribution < 1.29 is 14.4 Å². The van der Waals surface area contributed by atoms with Crippen LogP contribution in [0.15, 0.2) is 24.3 Å². The van der Waals surface area contributed by atoms with Gasteiger partial charge in [0.15, 0.2) is 0 Å². The van der Waals surface area contributed by atoms with E-state index >= 15 is 0 Å². The molecule has 1 aromatic rings. The zero-order chi connectivity index (χ0) is 9.97. The fraction of sp³-hybridized carbons (Fsp3) is 0.300. The fourth-order valence-electron chi connectivity index (χ4n) is 1.41. The van der Waals surface area contributed by atoms with Crippen molar-refractivity contribution in [2.24, 2.45) is 0 Å². The van der Waals surface area contributed by atoms with Crippen LogP contribution in [0.5, 0.6) is 5.75 Å². The van der Waals surface area contributed by atoms with Gasteiger partial charge in [-0.3, -0.25) is 4.79 Å². The summed E-state index contributed by atoms with van der Waals surface area (Å²) in [6.07, 6.45) is 0.381. The lowest BCUT2D eigenvalue weighted by molar-refractivity contribution is -0.143. The molecular formula is C10H11NO3. The van der Waals surface area contributed by atoms with Crippen molar-refractivity contribution in [2.45, 2.75) is 12.5 Å². The lowest BCUT2D eigenvalue weighted by Gasteiger charge is -2.07. The number of hydrogen-bond donors (Lipinski definition) is 1. The molecule has 4 nitrogen and oxygen atoms in total. The van der Waals surface area contributed by atoms with Crippen LogP contribution in [0.3, 0.4) is 0 Å². The molecule has 1 aromatic carbocycles. The van der Waals surface area contributed by atoms with E-state index in [9.17, 15) is 4.79 Å². The van der Waals surface area contributed by atoms with Gasteiger partial charge >= 0.3 is 5.97 Å². The zero-order valence-electron chi connectivity index (χ0n) is 7.82. The molecule has 2 rings (SSSR count). The van der Waals surface area contributed by atoms with Gasteiger partial charge in [0.25, 0.3) is 0 Å². The highest BCUT2D eigenvalue weighted by molar-refractivity contribution is 5.71. The van der Waals surface area contributed by atoms with Gasteiger partial charge in [-0.15, -0.1) is 5.48 Å². The SMILES string of the molecule is COc1ccc(C2CC(=O)ON2)cc1. The van der Waals surface area contributed by atoms with E-state index in [-0.39, 0.29) is 12.0 Å². The standard InChI is InChI=1S/C10H11NO3/c1-13-8-4-2-7(3-5-8)9-6-10(12)14-11-9/h2-5,9,11H,6H2,1H3. The Hall–Kier alpha value is -1.55. The lowest BCUT2D eigenvalue weighted by Crippen LogP contribution is -2.11. The Morgan fingerprint density at radius 3 is 2.64 bits per heavy atom. The molecule has 0 bridgehead atoms. The molecule has 0 aromatic heterocycles. The number of carbonyl (C=O) groups is 1. The first kappa shape index (κ1) is 9.02. The highest BCUT2D eigenvalue weighted by atomic mass is 16.7. The highest BCUT2D eigenvalue weighted by Gasteiger charge is 2.24. The van der Waals surface area contributed by atoms with Crippen molar-refractivity contribution >= 4 is 5.97 Å². The number of hydrogen-bond acceptors (Lipinski definition) is 4. The molecule has 14 heavy (non-hydrogen) atoms. The van der Waals surface area contributed by atoms with Crippen molar-refractivity contribution in [3.63, 3.8) is 0 Å². The van der Waals surface area contributed by atoms with Gasteiger partial charge in [0.1, 0.15) is 5.75 Å². The lowest BCUT2D eigenvalue weighted by atomic mass is 10.1. The minimum atomic E-state index is -0.217. The maximum Gasteiger partial charge on any atom is 0.326 e. The van der Waals surface area contributed by atoms with E-state index in [1.807, 2.05) is 24.3 Å². The summed E-state index contributed by atoms with van der Waals surface area (Å²) in [5.41, 5.74) is 3.69. The molecule has 1 unspecified atom stereocenters. The zero-order valence-corrected chi connectivity index (χ0v) is 7.82. The maximum absolute atomic E-state index is 10.8. The van der Waals surface area contributed by atoms with E-state index in [1.165, 1.54) is 0 Å². The largest absolute Gasteiger partial charge is 0.497 e. The Kier molecular flexibility index (Phi) is 2.37. The van der Waals surface area contributed by atoms with Gasteiger partial charge in [0, 0.05) is 0 Å². The summed E-state index contributed by atoms with van der Waals surface area (Å²) in [4.78, 5) is 15.5. The fourth-order valence-corrected chi connectivity index (χ4v) is 1.41. The third-order valence-corrected chi connectivity index (χ3v) is 2.20. The van der Waals surface area contributed by atoms with Gasteiger partial charge in [-0.05, 0) is 17.7 Å². The Balaban J connectivity index is 2.13. The molecule has 1 atom stereocenters. The summed E-state index contributed by atoms with van der Waals surface area (Å²) in [5.74, 6) is 0.588. The monoisotopic (exact) mass is 193 g/mol. The molecule has 74 valence electrons. The number of carbonyl (C=O) groups excluding carboxylic acids is 1. The van der Waals surface area contributed by atoms with Crippen LogP contribution < -0.4 is 10.2 Å². The summed E-state index contributed by atoms with van der Waals surface area (Å²) in [7, 11) is 1.62. The highest BCUT2D eigenvalue weighted by Crippen LogP contribution is 2.23. The summed E-state index contributed by atoms with van der Waals surface area (Å²) in [6, 6.07) is 7.52. The van der Waals surface area contributed by atoms with Crippen molar-refractivity contribution in [2.75, 3.05) is 7.11 Å². The van der Waals surface area contributed by atoms with E-state index < -0.39 is 0 Å². The second-order valence-electron chi connectivity index (χ2n) is 3.12. The van der Waals surface area contributed by atoms with E-state index in [4.69, 9.17) is 4.74 Å². The number of ether oxygens (including phenoxy) is 1. The molecule has 1 heterocycles. The van der Waals surface area contributed by atoms with Gasteiger partial charge in [0.2, 0.25) is 0 Å². The molecule has 1 fully saturated rings. The molecule has 1 aliphatic rings. The number of rotatable bonds is 2. The second-order valence-corrected chi connectivity index (χ2v) is 3.12. The van der Waals surface area contributed by atoms with Gasteiger partial charge in [-0.2, -0.15) is 0 Å². The molecule has 4 heteroatoms. The van der Waals surface area contributed by atoms with Crippen LogP contribution in [-0.2, 0) is 9.63 Å². The van der Waals surface area contributed by atoms with Crippen molar-refractivity contribution in [3.05, 3.63) is 29.8 Å². The van der Waals surface area contributed by atoms with Crippen molar-refractivity contribution in [1.29, 1.82) is 0 Å². The van der Waals surface area contributed by atoms with Crippen LogP contribution in [-0.4, -0.2) is 13.1 Å². The molecule has 0 spiro atoms. The molecule has 0 saturated carbocycles. The first-order valence-electron chi connectivity index (χ1n) is 4.39. The molecule has 1 aliphatic heterocycles. The number of methoxy groups -OCH3 is 1. The maximum atomic E-state index is 10.8. The van der Waals surface area contributed by atoms with Gasteiger partial charge in [-0.1, -0.05) is 12.1 Å². The van der Waals surface area contributed by atoms with Crippen LogP contribution in [0, 0.1) is 0 Å². The topological polar surface area (TPSA) is 47.6 Å². The van der Waals surface area contributed by atoms with E-state index in [2.05, 4.69) is 10.3 Å². The summed E-state index contributed by atoms with van der Waals surface area (Å²) >= 11 is 0. The molecule has 1 saturated heterocycles. The Labute approximate surface area is 81.8 Å². The molecular weight excluding hydrogens is 182 g/mol. The van der Waals surface area contributed by atoms with E-state index in [0.29, 0.717) is 6.42 Å². The molecule has 0 radical (unpaired) electrons. The Morgan fingerprint density at radius 2 is 2.14 bits per heavy atom. The molecule has 0 amide bonds. The summed E-state index contributed by atoms with van der Waals surface area (Å²) < 4.78 is 5.03. The quantitative estimate of drug-likeness (QED) is 0.766. The first-order chi connectivity index (χ1) is 6.79. The summed E-state index contributed by atoms with van der Waals surface area (Å²) in [6.45, 7) is 0. The van der Waals surface area contributed by atoms with Crippen LogP contribution >= 0.6 is 0 Å². The third-order valence-electron chi connectivity index (χ3n) is 2.20. The number of nitrogens with one attached hydrogen (secondary N) is 1. The predicted molar refractivity (Wildman–Crippen MR) is 49.6 cm³/mol. The number of benzene rings is 1. The number of hydroxylamine groups is 1. The Bertz CT molecular complexity index is 334. The predicted octanol–water partition coefficient (Wildman–Crippen LogP) is 1.19. The van der Waals surface area contributed by atoms with Crippen molar-refractivity contribution in [3.8, 4) is 5.75 Å². The van der Waals surface area contributed by atoms with Gasteiger partial charge in [0.05, 0.1) is 19.6 Å². The van der Waals surface area contributed by atoms with Crippen LogP contribution in [0.4, 0.5) is 0 Å². The van der Waals surface area contributed by atoms with Crippen molar-refractivity contribution in [1.82, 2.24) is 5.48 Å². The average Bonchev–Trinajstić information content (AvgIpc) is 2.65. The minimum absolute atomic E-state index is 0.0339. The average molecular weight is 193 g/mol. The first-order valence-corrected chi connectivity index (χ1v) is 4.39. The van der Waals surface area contributed by atoms with E-state index in [1.54, 1.807) is 7.11 Å². The van der Waals surface area contributed by atoms with Gasteiger partial charge in [-0.25, -0.2) is 0 Å². The third kappa shape index (κ3) is 1.70. The summed E-state index contributed by atoms with van der Waals surface area (Å²) in [5, 5.41) is 0. The van der Waals surface area contributed by atoms with Crippen LogP contribution in [0.25, 0.3) is 0 Å².